The summed E-state index contributed by atoms with van der Waals surface area (Å²) in [4.78, 5) is 22.9. The number of anilines is 1. The van der Waals surface area contributed by atoms with Crippen LogP contribution in [-0.2, 0) is 9.59 Å². The van der Waals surface area contributed by atoms with Crippen molar-refractivity contribution in [1.29, 1.82) is 0 Å². The number of carbonyl (C=O) groups is 2. The lowest BCUT2D eigenvalue weighted by Crippen LogP contribution is -2.39. The predicted octanol–water partition coefficient (Wildman–Crippen LogP) is -0.195. The lowest BCUT2D eigenvalue weighted by atomic mass is 10.4. The van der Waals surface area contributed by atoms with Crippen molar-refractivity contribution in [3.8, 4) is 0 Å². The lowest BCUT2D eigenvalue weighted by Gasteiger charge is -2.04. The number of carbonyl (C=O) groups excluding carboxylic acids is 2. The largest absolute Gasteiger partial charge is 0.392 e. The van der Waals surface area contributed by atoms with E-state index in [-0.39, 0.29) is 17.6 Å². The first-order valence-corrected chi connectivity index (χ1v) is 5.72. The first-order valence-electron chi connectivity index (χ1n) is 5.31. The maximum absolute atomic E-state index is 11.5. The summed E-state index contributed by atoms with van der Waals surface area (Å²) in [6.07, 6.45) is 3.11. The summed E-state index contributed by atoms with van der Waals surface area (Å²) in [6, 6.07) is 0.180. The number of hydrogen-bond acceptors (Lipinski definition) is 4. The van der Waals surface area contributed by atoms with Crippen molar-refractivity contribution in [1.82, 2.24) is 15.1 Å². The van der Waals surface area contributed by atoms with Gasteiger partial charge in [0.15, 0.2) is 0 Å². The molecule has 0 spiro atoms. The van der Waals surface area contributed by atoms with Crippen LogP contribution in [0, 0.1) is 0 Å². The smallest absolute Gasteiger partial charge is 0.313 e. The first-order chi connectivity index (χ1) is 8.40. The summed E-state index contributed by atoms with van der Waals surface area (Å²) in [7, 11) is 0. The van der Waals surface area contributed by atoms with E-state index in [2.05, 4.69) is 28.0 Å². The molecule has 2 amide bonds. The number of nitrogens with one attached hydrogen (secondary N) is 2. The van der Waals surface area contributed by atoms with Gasteiger partial charge in [-0.15, -0.1) is 0 Å². The van der Waals surface area contributed by atoms with E-state index in [9.17, 15) is 9.59 Å². The molecule has 0 aliphatic rings. The molecule has 0 aliphatic heterocycles. The lowest BCUT2D eigenvalue weighted by molar-refractivity contribution is -0.135. The fourth-order valence-corrected chi connectivity index (χ4v) is 1.19. The van der Waals surface area contributed by atoms with E-state index < -0.39 is 11.8 Å². The normalized spacial score (nSPS) is 10.2. The van der Waals surface area contributed by atoms with Gasteiger partial charge in [-0.05, 0) is 13.8 Å². The number of aromatic nitrogens is 2. The quantitative estimate of drug-likeness (QED) is 0.519. The van der Waals surface area contributed by atoms with Gasteiger partial charge < -0.3 is 16.4 Å². The molecule has 0 atom stereocenters. The van der Waals surface area contributed by atoms with Gasteiger partial charge in [-0.2, -0.15) is 5.10 Å². The number of thiocarbonyl (C=S) groups is 1. The van der Waals surface area contributed by atoms with Gasteiger partial charge in [0.1, 0.15) is 0 Å². The van der Waals surface area contributed by atoms with Crippen molar-refractivity contribution in [2.45, 2.75) is 19.9 Å². The summed E-state index contributed by atoms with van der Waals surface area (Å²) in [5.41, 5.74) is 5.66. The molecule has 1 aromatic heterocycles. The predicted molar refractivity (Wildman–Crippen MR) is 71.0 cm³/mol. The van der Waals surface area contributed by atoms with Gasteiger partial charge in [0.2, 0.25) is 0 Å². The van der Waals surface area contributed by atoms with E-state index in [1.165, 1.54) is 6.20 Å². The minimum Gasteiger partial charge on any atom is -0.392 e. The molecule has 18 heavy (non-hydrogen) atoms. The molecule has 0 unspecified atom stereocenters. The number of hydrogen-bond donors (Lipinski definition) is 3. The maximum atomic E-state index is 11.5. The zero-order valence-electron chi connectivity index (χ0n) is 10.1. The Labute approximate surface area is 110 Å². The van der Waals surface area contributed by atoms with Crippen LogP contribution in [0.25, 0.3) is 0 Å². The van der Waals surface area contributed by atoms with E-state index in [4.69, 9.17) is 5.73 Å². The Morgan fingerprint density at radius 2 is 2.17 bits per heavy atom. The Bertz CT molecular complexity index is 469. The van der Waals surface area contributed by atoms with E-state index in [1.54, 1.807) is 10.9 Å². The minimum absolute atomic E-state index is 0.00710. The molecule has 1 rings (SSSR count). The van der Waals surface area contributed by atoms with Crippen molar-refractivity contribution in [2.75, 3.05) is 11.9 Å². The maximum Gasteiger partial charge on any atom is 0.313 e. The average molecular weight is 269 g/mol. The molecule has 0 saturated heterocycles. The summed E-state index contributed by atoms with van der Waals surface area (Å²) in [5.74, 6) is -1.57. The third kappa shape index (κ3) is 4.13. The first kappa shape index (κ1) is 14.1. The van der Waals surface area contributed by atoms with E-state index >= 15 is 0 Å². The van der Waals surface area contributed by atoms with Crippen molar-refractivity contribution in [3.63, 3.8) is 0 Å². The van der Waals surface area contributed by atoms with Crippen LogP contribution in [-0.4, -0.2) is 33.1 Å². The van der Waals surface area contributed by atoms with Crippen LogP contribution in [0.2, 0.25) is 0 Å². The minimum atomic E-state index is -0.792. The van der Waals surface area contributed by atoms with E-state index in [1.807, 2.05) is 13.8 Å². The standard InChI is InChI=1S/C10H15N5O2S/c1-6(2)15-5-7(3-13-15)14-10(17)9(16)12-4-8(11)18/h3,5-6H,4H2,1-2H3,(H2,11,18)(H,12,16)(H,14,17). The molecule has 1 aromatic rings. The molecule has 7 nitrogen and oxygen atoms in total. The summed E-state index contributed by atoms with van der Waals surface area (Å²) >= 11 is 4.58. The zero-order valence-corrected chi connectivity index (χ0v) is 11.0. The number of amides is 2. The van der Waals surface area contributed by atoms with Gasteiger partial charge in [0.25, 0.3) is 0 Å². The van der Waals surface area contributed by atoms with Crippen LogP contribution in [0.1, 0.15) is 19.9 Å². The SMILES string of the molecule is CC(C)n1cc(NC(=O)C(=O)NCC(N)=S)cn1. The van der Waals surface area contributed by atoms with E-state index in [0.29, 0.717) is 5.69 Å². The molecular weight excluding hydrogens is 254 g/mol. The van der Waals surface area contributed by atoms with Gasteiger partial charge >= 0.3 is 11.8 Å². The van der Waals surface area contributed by atoms with Crippen LogP contribution < -0.4 is 16.4 Å². The zero-order chi connectivity index (χ0) is 13.7. The second kappa shape index (κ2) is 6.10. The molecule has 8 heteroatoms. The van der Waals surface area contributed by atoms with Crippen LogP contribution in [0.5, 0.6) is 0 Å². The van der Waals surface area contributed by atoms with Crippen molar-refractivity contribution < 1.29 is 9.59 Å². The molecule has 0 aliphatic carbocycles. The fraction of sp³-hybridized carbons (Fsp3) is 0.400. The Hall–Kier alpha value is -1.96. The second-order valence-corrected chi connectivity index (χ2v) is 4.43. The fourth-order valence-electron chi connectivity index (χ4n) is 1.12. The number of rotatable bonds is 4. The summed E-state index contributed by atoms with van der Waals surface area (Å²) in [6.45, 7) is 3.90. The molecule has 98 valence electrons. The van der Waals surface area contributed by atoms with Crippen LogP contribution >= 0.6 is 12.2 Å². The Balaban J connectivity index is 2.53. The van der Waals surface area contributed by atoms with Crippen molar-refractivity contribution in [2.24, 2.45) is 5.73 Å². The van der Waals surface area contributed by atoms with Crippen LogP contribution in [0.3, 0.4) is 0 Å². The third-order valence-corrected chi connectivity index (χ3v) is 2.16. The molecule has 0 fully saturated rings. The van der Waals surface area contributed by atoms with Gasteiger partial charge in [0.05, 0.1) is 23.4 Å². The highest BCUT2D eigenvalue weighted by Gasteiger charge is 2.14. The molecular formula is C10H15N5O2S. The number of nitrogens with zero attached hydrogens (tertiary/aromatic N) is 2. The highest BCUT2D eigenvalue weighted by atomic mass is 32.1. The van der Waals surface area contributed by atoms with Gasteiger partial charge in [-0.3, -0.25) is 14.3 Å². The molecule has 1 heterocycles. The van der Waals surface area contributed by atoms with Crippen molar-refractivity contribution in [3.05, 3.63) is 12.4 Å². The van der Waals surface area contributed by atoms with Gasteiger partial charge in [0, 0.05) is 12.2 Å². The second-order valence-electron chi connectivity index (χ2n) is 3.91. The van der Waals surface area contributed by atoms with Gasteiger partial charge in [-0.1, -0.05) is 12.2 Å². The van der Waals surface area contributed by atoms with E-state index in [0.717, 1.165) is 0 Å². The highest BCUT2D eigenvalue weighted by molar-refractivity contribution is 7.80. The third-order valence-electron chi connectivity index (χ3n) is 2.02. The molecule has 0 saturated carbocycles. The highest BCUT2D eigenvalue weighted by Crippen LogP contribution is 2.09. The van der Waals surface area contributed by atoms with Crippen LogP contribution in [0.15, 0.2) is 12.4 Å². The Morgan fingerprint density at radius 1 is 1.50 bits per heavy atom. The Kier molecular flexibility index (Phi) is 4.78. The Morgan fingerprint density at radius 3 is 2.67 bits per heavy atom. The molecule has 0 radical (unpaired) electrons. The summed E-state index contributed by atoms with van der Waals surface area (Å²) < 4.78 is 1.67. The monoisotopic (exact) mass is 269 g/mol. The summed E-state index contributed by atoms with van der Waals surface area (Å²) in [5, 5.41) is 8.74. The molecule has 0 aromatic carbocycles. The molecule has 4 N–H and O–H groups in total. The van der Waals surface area contributed by atoms with Crippen molar-refractivity contribution >= 4 is 34.7 Å². The number of nitrogens with two attached hydrogens (primary N) is 1. The van der Waals surface area contributed by atoms with Crippen LogP contribution in [0.4, 0.5) is 5.69 Å². The average Bonchev–Trinajstić information content (AvgIpc) is 2.74. The molecule has 0 bridgehead atoms. The van der Waals surface area contributed by atoms with Gasteiger partial charge in [-0.25, -0.2) is 0 Å². The topological polar surface area (TPSA) is 102 Å².